The van der Waals surface area contributed by atoms with E-state index in [4.69, 9.17) is 10.5 Å². The van der Waals surface area contributed by atoms with Crippen LogP contribution in [0.25, 0.3) is 0 Å². The van der Waals surface area contributed by atoms with Crippen molar-refractivity contribution in [1.29, 1.82) is 0 Å². The van der Waals surface area contributed by atoms with Gasteiger partial charge in [0.25, 0.3) is 5.92 Å². The lowest BCUT2D eigenvalue weighted by molar-refractivity contribution is -0.123. The monoisotopic (exact) mass is 573 g/mol. The fourth-order valence-electron chi connectivity index (χ4n) is 3.62. The van der Waals surface area contributed by atoms with E-state index in [-0.39, 0.29) is 17.0 Å². The van der Waals surface area contributed by atoms with Crippen molar-refractivity contribution in [2.24, 2.45) is 11.7 Å². The minimum Gasteiger partial charge on any atom is -0.441 e. The molecule has 2 atom stereocenters. The Hall–Kier alpha value is -4.08. The van der Waals surface area contributed by atoms with E-state index in [9.17, 15) is 28.0 Å². The van der Waals surface area contributed by atoms with Crippen LogP contribution in [0.1, 0.15) is 78.0 Å². The molecule has 1 aliphatic rings. The molecule has 2 amide bonds. The number of nitrogens with one attached hydrogen (secondary N) is 2. The molecule has 0 radical (unpaired) electrons. The van der Waals surface area contributed by atoms with Gasteiger partial charge in [0.1, 0.15) is 24.0 Å². The van der Waals surface area contributed by atoms with E-state index in [0.717, 1.165) is 17.4 Å². The highest BCUT2D eigenvalue weighted by Gasteiger charge is 2.61. The van der Waals surface area contributed by atoms with Gasteiger partial charge in [-0.2, -0.15) is 0 Å². The van der Waals surface area contributed by atoms with Crippen LogP contribution in [0.3, 0.4) is 0 Å². The molecule has 8 nitrogen and oxygen atoms in total. The average molecular weight is 574 g/mol. The number of alkyl carbamates (subject to hydrolysis) is 1. The molecule has 1 aliphatic carbocycles. The predicted molar refractivity (Wildman–Crippen MR) is 155 cm³/mol. The molecule has 1 fully saturated rings. The highest BCUT2D eigenvalue weighted by molar-refractivity contribution is 6.09. The summed E-state index contributed by atoms with van der Waals surface area (Å²) in [6, 6.07) is 7.46. The molecule has 1 saturated carbocycles. The maximum absolute atomic E-state index is 13.3. The molecule has 1 aromatic rings. The summed E-state index contributed by atoms with van der Waals surface area (Å²) >= 11 is 0. The minimum absolute atomic E-state index is 0.0776. The second-order valence-electron chi connectivity index (χ2n) is 9.72. The largest absolute Gasteiger partial charge is 0.441 e. The van der Waals surface area contributed by atoms with Gasteiger partial charge < -0.3 is 20.6 Å². The zero-order chi connectivity index (χ0) is 31.3. The van der Waals surface area contributed by atoms with Crippen LogP contribution >= 0.6 is 0 Å². The highest BCUT2D eigenvalue weighted by atomic mass is 19.3. The summed E-state index contributed by atoms with van der Waals surface area (Å²) in [7, 11) is 0. The Morgan fingerprint density at radius 2 is 1.66 bits per heavy atom. The summed E-state index contributed by atoms with van der Waals surface area (Å²) in [5.41, 5.74) is 8.75. The number of ketones is 1. The number of aldehydes is 1. The number of hydrogen-bond donors (Lipinski definition) is 3. The van der Waals surface area contributed by atoms with Gasteiger partial charge >= 0.3 is 6.09 Å². The second kappa shape index (κ2) is 16.2. The summed E-state index contributed by atoms with van der Waals surface area (Å²) in [4.78, 5) is 47.0. The first kappa shape index (κ1) is 34.9. The zero-order valence-electron chi connectivity index (χ0n) is 24.8. The van der Waals surface area contributed by atoms with E-state index in [1.165, 1.54) is 26.0 Å². The van der Waals surface area contributed by atoms with E-state index in [1.807, 2.05) is 51.1 Å². The number of allylic oxidation sites excluding steroid dienone is 6. The average Bonchev–Trinajstić information content (AvgIpc) is 3.57. The van der Waals surface area contributed by atoms with E-state index in [1.54, 1.807) is 13.8 Å². The third-order valence-corrected chi connectivity index (χ3v) is 6.12. The van der Waals surface area contributed by atoms with Gasteiger partial charge in [-0.1, -0.05) is 50.3 Å². The lowest BCUT2D eigenvalue weighted by Crippen LogP contribution is -2.31. The molecule has 10 heteroatoms. The Labute approximate surface area is 240 Å². The maximum atomic E-state index is 13.3. The quantitative estimate of drug-likeness (QED) is 0.167. The highest BCUT2D eigenvalue weighted by Crippen LogP contribution is 2.48. The van der Waals surface area contributed by atoms with Crippen molar-refractivity contribution in [2.45, 2.75) is 79.8 Å². The molecule has 1 aromatic carbocycles. The number of amides is 2. The first-order valence-electron chi connectivity index (χ1n) is 13.4. The zero-order valence-corrected chi connectivity index (χ0v) is 24.8. The van der Waals surface area contributed by atoms with E-state index in [2.05, 4.69) is 10.6 Å². The van der Waals surface area contributed by atoms with Crippen molar-refractivity contribution in [2.75, 3.05) is 0 Å². The number of aryl methyl sites for hydroxylation is 1. The lowest BCUT2D eigenvalue weighted by atomic mass is 10.0. The number of carbonyl (C=O) groups excluding carboxylic acids is 4. The Morgan fingerprint density at radius 3 is 2.15 bits per heavy atom. The number of alkyl halides is 2. The normalized spacial score (nSPS) is 17.7. The van der Waals surface area contributed by atoms with Crippen molar-refractivity contribution in [3.63, 3.8) is 0 Å². The predicted octanol–water partition coefficient (Wildman–Crippen LogP) is 6.09. The lowest BCUT2D eigenvalue weighted by Gasteiger charge is -2.17. The molecule has 2 rings (SSSR count). The Bertz CT molecular complexity index is 1240. The first-order valence-corrected chi connectivity index (χ1v) is 13.4. The topological polar surface area (TPSA) is 128 Å². The van der Waals surface area contributed by atoms with Gasteiger partial charge in [-0.15, -0.1) is 0 Å². The number of benzene rings is 1. The third kappa shape index (κ3) is 11.1. The van der Waals surface area contributed by atoms with Crippen LogP contribution in [-0.4, -0.2) is 30.0 Å². The maximum Gasteiger partial charge on any atom is 0.412 e. The Morgan fingerprint density at radius 1 is 1.07 bits per heavy atom. The van der Waals surface area contributed by atoms with Crippen LogP contribution in [0.5, 0.6) is 0 Å². The summed E-state index contributed by atoms with van der Waals surface area (Å²) in [6.07, 6.45) is 5.01. The summed E-state index contributed by atoms with van der Waals surface area (Å²) in [5, 5.41) is 4.96. The van der Waals surface area contributed by atoms with Crippen LogP contribution in [0.15, 0.2) is 70.7 Å². The molecule has 224 valence electrons. The fourth-order valence-corrected chi connectivity index (χ4v) is 3.62. The molecule has 41 heavy (non-hydrogen) atoms. The number of hydrogen-bond acceptors (Lipinski definition) is 6. The molecule has 0 heterocycles. The van der Waals surface area contributed by atoms with Crippen LogP contribution in [0, 0.1) is 12.8 Å². The number of Topliss-reactive ketones (excluding diaryl/α,β-unsaturated/α-hetero) is 1. The smallest absolute Gasteiger partial charge is 0.412 e. The number of rotatable bonds is 11. The molecular formula is C31H41F2N3O5. The van der Waals surface area contributed by atoms with E-state index in [0.29, 0.717) is 24.1 Å². The van der Waals surface area contributed by atoms with Crippen molar-refractivity contribution < 1.29 is 32.7 Å². The third-order valence-electron chi connectivity index (χ3n) is 6.12. The number of nitrogens with two attached hydrogens (primary N) is 1. The van der Waals surface area contributed by atoms with E-state index < -0.39 is 42.1 Å². The molecule has 2 unspecified atom stereocenters. The van der Waals surface area contributed by atoms with E-state index >= 15 is 0 Å². The van der Waals surface area contributed by atoms with Gasteiger partial charge in [0, 0.05) is 24.2 Å². The van der Waals surface area contributed by atoms with Crippen LogP contribution in [-0.2, 0) is 19.1 Å². The minimum atomic E-state index is -2.99. The van der Waals surface area contributed by atoms with Crippen LogP contribution in [0.4, 0.5) is 13.6 Å². The van der Waals surface area contributed by atoms with Gasteiger partial charge in [0.15, 0.2) is 0 Å². The molecule has 0 aliphatic heterocycles. The summed E-state index contributed by atoms with van der Waals surface area (Å²) in [5.74, 6) is -5.69. The van der Waals surface area contributed by atoms with Crippen molar-refractivity contribution in [3.05, 3.63) is 81.9 Å². The molecule has 0 spiro atoms. The number of ether oxygens (including phenoxy) is 1. The SMILES string of the molecule is CC/C=C(C)/C(=C\C=C(/C)C(=O)/C(NC(=O)OC(C)c1ccccc1C)=C(/C)N)NC(=O)C1CC1(F)F.CCC=O. The standard InChI is InChI=1S/C28H35F2N3O4.C3H6O/c1-7-10-17(3)23(32-26(35)22-15-28(22,29)30)14-13-18(4)25(34)24(19(5)31)33-27(36)37-20(6)21-12-9-8-11-16(21)2;1-2-3-4/h8-14,20,22H,7,15,31H2,1-6H3,(H,32,35)(H,33,36);3H,2H2,1H3/b17-10+,18-13+,23-14+,24-19+;. The first-order chi connectivity index (χ1) is 19.2. The van der Waals surface area contributed by atoms with Gasteiger partial charge in [0.05, 0.1) is 0 Å². The number of carbonyl (C=O) groups is 4. The molecule has 0 bridgehead atoms. The Balaban J connectivity index is 0.00000196. The van der Waals surface area contributed by atoms with Crippen LogP contribution < -0.4 is 16.4 Å². The van der Waals surface area contributed by atoms with Gasteiger partial charge in [0.2, 0.25) is 11.7 Å². The van der Waals surface area contributed by atoms with Crippen molar-refractivity contribution in [3.8, 4) is 0 Å². The number of halogens is 2. The Kier molecular flexibility index (Phi) is 13.8. The molecule has 0 aromatic heterocycles. The van der Waals surface area contributed by atoms with Crippen LogP contribution in [0.2, 0.25) is 0 Å². The summed E-state index contributed by atoms with van der Waals surface area (Å²) < 4.78 is 32.1. The summed E-state index contributed by atoms with van der Waals surface area (Å²) in [6.45, 7) is 12.0. The van der Waals surface area contributed by atoms with Crippen molar-refractivity contribution >= 4 is 24.1 Å². The van der Waals surface area contributed by atoms with Crippen molar-refractivity contribution in [1.82, 2.24) is 10.6 Å². The molecular weight excluding hydrogens is 532 g/mol. The van der Waals surface area contributed by atoms with Gasteiger partial charge in [-0.25, -0.2) is 13.6 Å². The molecule has 0 saturated heterocycles. The van der Waals surface area contributed by atoms with Gasteiger partial charge in [-0.05, 0) is 69.4 Å². The molecule has 4 N–H and O–H groups in total. The fraction of sp³-hybridized carbons (Fsp3) is 0.419. The van der Waals surface area contributed by atoms with Gasteiger partial charge in [-0.3, -0.25) is 14.9 Å². The second-order valence-corrected chi connectivity index (χ2v) is 9.72.